The molecule has 0 aromatic heterocycles. The van der Waals surface area contributed by atoms with E-state index in [2.05, 4.69) is 9.98 Å². The van der Waals surface area contributed by atoms with E-state index in [0.717, 1.165) is 0 Å². The van der Waals surface area contributed by atoms with Gasteiger partial charge in [-0.25, -0.2) is 0 Å². The number of hydrogen-bond acceptors (Lipinski definition) is 2. The molecule has 27 heavy (non-hydrogen) atoms. The van der Waals surface area contributed by atoms with Gasteiger partial charge in [-0.1, -0.05) is 139 Å². The second-order valence-corrected chi connectivity index (χ2v) is 12.7. The Morgan fingerprint density at radius 1 is 0.519 bits per heavy atom. The zero-order valence-electron chi connectivity index (χ0n) is 11.7. The maximum atomic E-state index is 7.07. The first kappa shape index (κ1) is 33.9. The molecule has 0 aliphatic rings. The summed E-state index contributed by atoms with van der Waals surface area (Å²) in [7, 11) is 0. The van der Waals surface area contributed by atoms with E-state index in [9.17, 15) is 0 Å². The Morgan fingerprint density at radius 2 is 0.704 bits per heavy atom. The van der Waals surface area contributed by atoms with Crippen LogP contribution in [0.4, 0.5) is 0 Å². The third-order valence-electron chi connectivity index (χ3n) is 1.52. The maximum absolute atomic E-state index is 7.07. The third-order valence-corrected chi connectivity index (χ3v) is 3.67. The van der Waals surface area contributed by atoms with Crippen LogP contribution in [0.5, 0.6) is 0 Å². The van der Waals surface area contributed by atoms with Gasteiger partial charge in [0.05, 0.1) is 11.7 Å². The number of halogens is 12. The number of rotatable bonds is 0. The van der Waals surface area contributed by atoms with Crippen LogP contribution < -0.4 is 0 Å². The molecule has 161 valence electrons. The largest absolute Gasteiger partial charge is 2.00 e. The van der Waals surface area contributed by atoms with Crippen molar-refractivity contribution in [3.8, 4) is 0 Å². The predicted molar refractivity (Wildman–Crippen MR) is 120 cm³/mol. The Balaban J connectivity index is -0.000000411. The Kier molecular flexibility index (Phi) is 16.3. The van der Waals surface area contributed by atoms with Crippen LogP contribution in [0, 0.1) is 10.8 Å². The molecule has 6 nitrogen and oxygen atoms in total. The Bertz CT molecular complexity index is 529. The quantitative estimate of drug-likeness (QED) is 0.111. The van der Waals surface area contributed by atoms with Crippen molar-refractivity contribution in [2.45, 2.75) is 15.2 Å². The first-order valence-corrected chi connectivity index (χ1v) is 9.70. The smallest absolute Gasteiger partial charge is 0.482 e. The fraction of sp³-hybridized carbons (Fsp3) is 0.500. The van der Waals surface area contributed by atoms with Crippen molar-refractivity contribution in [1.29, 1.82) is 10.8 Å². The Labute approximate surface area is 224 Å². The molecule has 0 bridgehead atoms. The molecule has 0 amide bonds. The molecule has 0 aromatic rings. The van der Waals surface area contributed by atoms with Gasteiger partial charge in [-0.3, -0.25) is 0 Å². The summed E-state index contributed by atoms with van der Waals surface area (Å²) in [5, 5.41) is 14.1. The molecule has 0 aliphatic carbocycles. The van der Waals surface area contributed by atoms with E-state index in [-0.39, 0.29) is 17.1 Å². The van der Waals surface area contributed by atoms with E-state index in [0.29, 0.717) is 0 Å². The van der Waals surface area contributed by atoms with Crippen molar-refractivity contribution in [3.63, 3.8) is 0 Å². The van der Waals surface area contributed by atoms with Crippen molar-refractivity contribution < 1.29 is 17.1 Å². The topological polar surface area (TPSA) is 120 Å². The van der Waals surface area contributed by atoms with Gasteiger partial charge in [-0.05, 0) is 11.7 Å². The summed E-state index contributed by atoms with van der Waals surface area (Å²) in [6.07, 6.45) is 0. The van der Waals surface area contributed by atoms with Gasteiger partial charge < -0.3 is 32.3 Å². The van der Waals surface area contributed by atoms with Crippen molar-refractivity contribution in [3.05, 3.63) is 11.5 Å². The van der Waals surface area contributed by atoms with Gasteiger partial charge in [-0.2, -0.15) is 0 Å². The molecule has 4 N–H and O–H groups in total. The molecule has 1 radical (unpaired) electrons. The van der Waals surface area contributed by atoms with Gasteiger partial charge in [0.25, 0.3) is 0 Å². The van der Waals surface area contributed by atoms with Crippen molar-refractivity contribution in [1.82, 2.24) is 0 Å². The number of amidine groups is 4. The van der Waals surface area contributed by atoms with Crippen molar-refractivity contribution in [2.24, 2.45) is 9.98 Å². The minimum atomic E-state index is -2.03. The number of nitrogens with zero attached hydrogens (tertiary/aromatic N) is 2. The third kappa shape index (κ3) is 16.6. The molecule has 0 spiro atoms. The van der Waals surface area contributed by atoms with Crippen LogP contribution in [0.1, 0.15) is 0 Å². The van der Waals surface area contributed by atoms with Gasteiger partial charge >= 0.3 is 17.1 Å². The summed E-state index contributed by atoms with van der Waals surface area (Å²) in [6, 6.07) is 0. The van der Waals surface area contributed by atoms with E-state index < -0.39 is 38.5 Å². The maximum Gasteiger partial charge on any atom is 2.00 e. The molecular formula is C8H4Cl12CuN6. The molecule has 0 heterocycles. The Hall–Kier alpha value is 2.28. The molecule has 0 fully saturated rings. The molecule has 19 heteroatoms. The number of hydrogen-bond donors (Lipinski definition) is 2. The molecule has 0 atom stereocenters. The normalized spacial score (nSPS) is 13.9. The molecule has 0 aliphatic heterocycles. The molecule has 0 saturated carbocycles. The fourth-order valence-electron chi connectivity index (χ4n) is 0.477. The zero-order valence-corrected chi connectivity index (χ0v) is 21.7. The van der Waals surface area contributed by atoms with Gasteiger partial charge in [0.15, 0.2) is 0 Å². The second-order valence-electron chi connectivity index (χ2n) is 3.61. The minimum Gasteiger partial charge on any atom is -0.482 e. The fourth-order valence-corrected chi connectivity index (χ4v) is 0.984. The van der Waals surface area contributed by atoms with Gasteiger partial charge in [0.1, 0.15) is 0 Å². The molecular weight excluding hydrogens is 669 g/mol. The van der Waals surface area contributed by atoms with E-state index >= 15 is 0 Å². The molecule has 0 saturated heterocycles. The van der Waals surface area contributed by atoms with Crippen LogP contribution in [-0.4, -0.2) is 38.5 Å². The Morgan fingerprint density at radius 3 is 0.815 bits per heavy atom. The summed E-state index contributed by atoms with van der Waals surface area (Å²) < 4.78 is -8.10. The van der Waals surface area contributed by atoms with Crippen LogP contribution >= 0.6 is 139 Å². The average Bonchev–Trinajstić information content (AvgIpc) is 2.34. The predicted octanol–water partition coefficient (Wildman–Crippen LogP) is 8.31. The second kappa shape index (κ2) is 13.0. The van der Waals surface area contributed by atoms with Gasteiger partial charge in [0.2, 0.25) is 15.2 Å². The summed E-state index contributed by atoms with van der Waals surface area (Å²) in [5.74, 6) is -2.75. The van der Waals surface area contributed by atoms with Crippen LogP contribution in [0.2, 0.25) is 0 Å². The standard InChI is InChI=1S/2C4H2Cl6N3.Cu/c2*5-3(6,7)1(11)13-2(12)4(8,9)10;/h2*(H2-,11,12,13);/q2*-1;+2. The van der Waals surface area contributed by atoms with Gasteiger partial charge in [-0.15, -0.1) is 0 Å². The minimum absolute atomic E-state index is 0. The number of aliphatic imine (C=N–C) groups is 2. The van der Waals surface area contributed by atoms with Crippen LogP contribution in [-0.2, 0) is 17.1 Å². The van der Waals surface area contributed by atoms with Crippen LogP contribution in [0.15, 0.2) is 9.98 Å². The van der Waals surface area contributed by atoms with E-state index in [1.165, 1.54) is 0 Å². The van der Waals surface area contributed by atoms with Crippen LogP contribution in [0.3, 0.4) is 0 Å². The van der Waals surface area contributed by atoms with Gasteiger partial charge in [0, 0.05) is 0 Å². The SMILES string of the molecule is N=C(N=C([NH-])C(Cl)(Cl)Cl)C(Cl)(Cl)Cl.N=C(N=C([NH-])C(Cl)(Cl)Cl)C(Cl)(Cl)Cl.[Cu+2]. The molecule has 0 rings (SSSR count). The number of nitrogens with one attached hydrogen (secondary N) is 4. The van der Waals surface area contributed by atoms with E-state index in [1.807, 2.05) is 0 Å². The first-order chi connectivity index (χ1) is 11.1. The van der Waals surface area contributed by atoms with Crippen LogP contribution in [0.25, 0.3) is 11.5 Å². The summed E-state index contributed by atoms with van der Waals surface area (Å²) in [4.78, 5) is 6.39. The summed E-state index contributed by atoms with van der Waals surface area (Å²) >= 11 is 63.2. The molecule has 0 aromatic carbocycles. The van der Waals surface area contributed by atoms with Crippen molar-refractivity contribution in [2.75, 3.05) is 0 Å². The first-order valence-electron chi connectivity index (χ1n) is 5.16. The van der Waals surface area contributed by atoms with Crippen molar-refractivity contribution >= 4 is 163 Å². The molecule has 0 unspecified atom stereocenters. The number of alkyl halides is 12. The zero-order chi connectivity index (χ0) is 21.7. The van der Waals surface area contributed by atoms with E-state index in [4.69, 9.17) is 161 Å². The average molecular weight is 673 g/mol. The summed E-state index contributed by atoms with van der Waals surface area (Å²) in [5.41, 5.74) is 14.1. The summed E-state index contributed by atoms with van der Waals surface area (Å²) in [6.45, 7) is 0. The van der Waals surface area contributed by atoms with E-state index in [1.54, 1.807) is 0 Å². The monoisotopic (exact) mass is 667 g/mol.